The molecule has 0 fully saturated rings. The highest BCUT2D eigenvalue weighted by Crippen LogP contribution is 2.30. The fourth-order valence-corrected chi connectivity index (χ4v) is 4.02. The number of aryl methyl sites for hydroxylation is 1. The fourth-order valence-electron chi connectivity index (χ4n) is 2.18. The van der Waals surface area contributed by atoms with Crippen molar-refractivity contribution >= 4 is 40.0 Å². The number of nitrogen functional groups attached to an aromatic ring is 1. The van der Waals surface area contributed by atoms with E-state index in [1.165, 1.54) is 23.1 Å². The zero-order valence-electron chi connectivity index (χ0n) is 13.3. The number of ketones is 1. The summed E-state index contributed by atoms with van der Waals surface area (Å²) in [6, 6.07) is 0. The summed E-state index contributed by atoms with van der Waals surface area (Å²) in [6.07, 6.45) is 0. The number of anilines is 1. The van der Waals surface area contributed by atoms with Gasteiger partial charge in [-0.3, -0.25) is 4.79 Å². The maximum atomic E-state index is 12.6. The third-order valence-electron chi connectivity index (χ3n) is 3.23. The molecule has 2 aromatic rings. The summed E-state index contributed by atoms with van der Waals surface area (Å²) in [5.41, 5.74) is 7.62. The lowest BCUT2D eigenvalue weighted by Crippen LogP contribution is -2.15. The first-order valence-corrected chi connectivity index (χ1v) is 8.70. The van der Waals surface area contributed by atoms with Gasteiger partial charge in [-0.05, 0) is 33.3 Å². The average molecular weight is 354 g/mol. The molecule has 0 aliphatic rings. The first-order valence-electron chi connectivity index (χ1n) is 7.01. The van der Waals surface area contributed by atoms with Crippen LogP contribution in [-0.4, -0.2) is 38.8 Å². The number of carbonyl (C=O) groups is 2. The monoisotopic (exact) mass is 354 g/mol. The number of aromatic nitrogens is 3. The molecule has 0 saturated heterocycles. The van der Waals surface area contributed by atoms with Gasteiger partial charge in [0.25, 0.3) is 0 Å². The Labute approximate surface area is 142 Å². The van der Waals surface area contributed by atoms with E-state index in [2.05, 4.69) is 15.2 Å². The highest BCUT2D eigenvalue weighted by Gasteiger charge is 2.26. The largest absolute Gasteiger partial charge is 0.462 e. The van der Waals surface area contributed by atoms with Gasteiger partial charge in [0.05, 0.1) is 23.1 Å². The standard InChI is InChI=1S/C14H18N4O3S2/c1-5-21-12(20)9-6(2)10(16-7(9)3)11(19)8(4)22-14-18-17-13(15)23-14/h8,16H,5H2,1-4H3,(H2,15,17)/t8-/m1/s1. The van der Waals surface area contributed by atoms with Crippen molar-refractivity contribution in [3.8, 4) is 0 Å². The second kappa shape index (κ2) is 7.14. The minimum atomic E-state index is -0.421. The molecule has 124 valence electrons. The third-order valence-corrected chi connectivity index (χ3v) is 5.17. The maximum Gasteiger partial charge on any atom is 0.340 e. The number of nitrogens with two attached hydrogens (primary N) is 1. The second-order valence-electron chi connectivity index (χ2n) is 4.88. The van der Waals surface area contributed by atoms with Gasteiger partial charge in [-0.15, -0.1) is 10.2 Å². The number of carbonyl (C=O) groups excluding carboxylic acids is 2. The molecule has 0 amide bonds. The Morgan fingerprint density at radius 3 is 2.65 bits per heavy atom. The number of nitrogens with zero attached hydrogens (tertiary/aromatic N) is 2. The highest BCUT2D eigenvalue weighted by molar-refractivity contribution is 8.02. The Morgan fingerprint density at radius 2 is 2.09 bits per heavy atom. The van der Waals surface area contributed by atoms with Gasteiger partial charge >= 0.3 is 5.97 Å². The number of esters is 1. The molecular weight excluding hydrogens is 336 g/mol. The van der Waals surface area contributed by atoms with Gasteiger partial charge in [-0.1, -0.05) is 23.1 Å². The van der Waals surface area contributed by atoms with E-state index < -0.39 is 5.97 Å². The van der Waals surface area contributed by atoms with E-state index in [9.17, 15) is 9.59 Å². The van der Waals surface area contributed by atoms with Gasteiger partial charge < -0.3 is 15.5 Å². The normalized spacial score (nSPS) is 12.2. The van der Waals surface area contributed by atoms with Crippen LogP contribution in [0, 0.1) is 13.8 Å². The summed E-state index contributed by atoms with van der Waals surface area (Å²) in [6.45, 7) is 7.30. The SMILES string of the molecule is CCOC(=O)c1c(C)[nH]c(C(=O)[C@@H](C)Sc2nnc(N)s2)c1C. The van der Waals surface area contributed by atoms with Gasteiger partial charge in [-0.2, -0.15) is 0 Å². The zero-order chi connectivity index (χ0) is 17.1. The molecule has 2 heterocycles. The Hall–Kier alpha value is -1.87. The van der Waals surface area contributed by atoms with Gasteiger partial charge in [0.2, 0.25) is 5.13 Å². The molecule has 0 aromatic carbocycles. The van der Waals surface area contributed by atoms with Crippen LogP contribution in [0.4, 0.5) is 5.13 Å². The molecule has 0 saturated carbocycles. The van der Waals surface area contributed by atoms with Crippen LogP contribution in [0.2, 0.25) is 0 Å². The number of hydrogen-bond donors (Lipinski definition) is 2. The molecule has 9 heteroatoms. The van der Waals surface area contributed by atoms with Crippen LogP contribution >= 0.6 is 23.1 Å². The number of hydrogen-bond acceptors (Lipinski definition) is 8. The Bertz CT molecular complexity index is 738. The number of ether oxygens (including phenoxy) is 1. The molecule has 2 rings (SSSR count). The summed E-state index contributed by atoms with van der Waals surface area (Å²) < 4.78 is 5.67. The molecule has 7 nitrogen and oxygen atoms in total. The van der Waals surface area contributed by atoms with Crippen LogP contribution in [0.25, 0.3) is 0 Å². The molecule has 0 unspecified atom stereocenters. The predicted octanol–water partition coefficient (Wildman–Crippen LogP) is 2.61. The van der Waals surface area contributed by atoms with E-state index in [-0.39, 0.29) is 17.6 Å². The smallest absolute Gasteiger partial charge is 0.340 e. The number of aromatic amines is 1. The van der Waals surface area contributed by atoms with Gasteiger partial charge in [0.1, 0.15) is 0 Å². The molecule has 0 aliphatic heterocycles. The minimum Gasteiger partial charge on any atom is -0.462 e. The fraction of sp³-hybridized carbons (Fsp3) is 0.429. The first kappa shape index (κ1) is 17.5. The number of Topliss-reactive ketones (excluding diaryl/α,β-unsaturated/α-hetero) is 1. The lowest BCUT2D eigenvalue weighted by molar-refractivity contribution is 0.0525. The molecule has 23 heavy (non-hydrogen) atoms. The number of H-pyrrole nitrogens is 1. The topological polar surface area (TPSA) is 111 Å². The molecule has 0 radical (unpaired) electrons. The van der Waals surface area contributed by atoms with Gasteiger partial charge in [0.15, 0.2) is 10.1 Å². The molecule has 2 aromatic heterocycles. The number of nitrogens with one attached hydrogen (secondary N) is 1. The van der Waals surface area contributed by atoms with E-state index in [0.717, 1.165) is 0 Å². The molecule has 3 N–H and O–H groups in total. The quantitative estimate of drug-likeness (QED) is 0.466. The van der Waals surface area contributed by atoms with E-state index >= 15 is 0 Å². The molecule has 0 spiro atoms. The number of rotatable bonds is 6. The van der Waals surface area contributed by atoms with Crippen LogP contribution in [-0.2, 0) is 4.74 Å². The van der Waals surface area contributed by atoms with Crippen molar-refractivity contribution in [3.05, 3.63) is 22.5 Å². The van der Waals surface area contributed by atoms with Gasteiger partial charge in [-0.25, -0.2) is 4.79 Å². The van der Waals surface area contributed by atoms with Crippen molar-refractivity contribution in [2.75, 3.05) is 12.3 Å². The molecule has 0 bridgehead atoms. The van der Waals surface area contributed by atoms with Crippen molar-refractivity contribution in [2.24, 2.45) is 0 Å². The summed E-state index contributed by atoms with van der Waals surface area (Å²) in [4.78, 5) is 27.6. The zero-order valence-corrected chi connectivity index (χ0v) is 14.9. The Morgan fingerprint density at radius 1 is 1.39 bits per heavy atom. The lowest BCUT2D eigenvalue weighted by Gasteiger charge is -2.07. The molecule has 1 atom stereocenters. The van der Waals surface area contributed by atoms with Crippen molar-refractivity contribution in [1.29, 1.82) is 0 Å². The van der Waals surface area contributed by atoms with Crippen LogP contribution in [0.1, 0.15) is 46.0 Å². The van der Waals surface area contributed by atoms with Crippen LogP contribution in [0.15, 0.2) is 4.34 Å². The van der Waals surface area contributed by atoms with E-state index in [1.54, 1.807) is 27.7 Å². The maximum absolute atomic E-state index is 12.6. The van der Waals surface area contributed by atoms with Crippen molar-refractivity contribution in [2.45, 2.75) is 37.3 Å². The first-order chi connectivity index (χ1) is 10.8. The average Bonchev–Trinajstić information content (AvgIpc) is 3.01. The Kier molecular flexibility index (Phi) is 5.42. The summed E-state index contributed by atoms with van der Waals surface area (Å²) >= 11 is 2.52. The van der Waals surface area contributed by atoms with Crippen LogP contribution in [0.3, 0.4) is 0 Å². The van der Waals surface area contributed by atoms with E-state index in [4.69, 9.17) is 10.5 Å². The number of thioether (sulfide) groups is 1. The summed E-state index contributed by atoms with van der Waals surface area (Å²) in [5, 5.41) is 7.61. The van der Waals surface area contributed by atoms with E-state index in [0.29, 0.717) is 32.0 Å². The van der Waals surface area contributed by atoms with E-state index in [1.807, 2.05) is 0 Å². The minimum absolute atomic E-state index is 0.111. The summed E-state index contributed by atoms with van der Waals surface area (Å²) in [7, 11) is 0. The Balaban J connectivity index is 2.22. The highest BCUT2D eigenvalue weighted by atomic mass is 32.2. The molecular formula is C14H18N4O3S2. The van der Waals surface area contributed by atoms with Gasteiger partial charge in [0, 0.05) is 5.69 Å². The summed E-state index contributed by atoms with van der Waals surface area (Å²) in [5.74, 6) is -0.532. The predicted molar refractivity (Wildman–Crippen MR) is 90.2 cm³/mol. The molecule has 0 aliphatic carbocycles. The van der Waals surface area contributed by atoms with Crippen LogP contribution in [0.5, 0.6) is 0 Å². The second-order valence-corrected chi connectivity index (χ2v) is 7.47. The van der Waals surface area contributed by atoms with Crippen molar-refractivity contribution in [1.82, 2.24) is 15.2 Å². The van der Waals surface area contributed by atoms with Crippen molar-refractivity contribution in [3.63, 3.8) is 0 Å². The lowest BCUT2D eigenvalue weighted by atomic mass is 10.1. The van der Waals surface area contributed by atoms with Crippen molar-refractivity contribution < 1.29 is 14.3 Å². The third kappa shape index (κ3) is 3.73. The van der Waals surface area contributed by atoms with Crippen LogP contribution < -0.4 is 5.73 Å².